The number of likely N-dealkylation sites (N-methyl/N-ethyl adjacent to an activating group) is 1. The predicted molar refractivity (Wildman–Crippen MR) is 111 cm³/mol. The molecule has 0 radical (unpaired) electrons. The van der Waals surface area contributed by atoms with Crippen molar-refractivity contribution in [1.82, 2.24) is 10.3 Å². The Morgan fingerprint density at radius 2 is 1.85 bits per heavy atom. The fourth-order valence-electron chi connectivity index (χ4n) is 3.50. The van der Waals surface area contributed by atoms with Crippen molar-refractivity contribution in [1.29, 1.82) is 0 Å². The van der Waals surface area contributed by atoms with Gasteiger partial charge in [0.2, 0.25) is 0 Å². The molecule has 0 spiro atoms. The molecule has 0 fully saturated rings. The number of rotatable bonds is 7. The molecule has 142 valence electrons. The number of para-hydroxylation sites is 1. The van der Waals surface area contributed by atoms with Gasteiger partial charge < -0.3 is 20.5 Å². The van der Waals surface area contributed by atoms with Crippen LogP contribution in [-0.2, 0) is 4.79 Å². The third-order valence-corrected chi connectivity index (χ3v) is 5.19. The third-order valence-electron chi connectivity index (χ3n) is 5.19. The summed E-state index contributed by atoms with van der Waals surface area (Å²) in [5.74, 6) is 0.250. The Labute approximate surface area is 160 Å². The summed E-state index contributed by atoms with van der Waals surface area (Å²) in [7, 11) is 5.78. The van der Waals surface area contributed by atoms with Crippen molar-refractivity contribution in [2.45, 2.75) is 18.9 Å². The van der Waals surface area contributed by atoms with Gasteiger partial charge in [-0.15, -0.1) is 0 Å². The van der Waals surface area contributed by atoms with Gasteiger partial charge in [-0.05, 0) is 36.2 Å². The van der Waals surface area contributed by atoms with Crippen molar-refractivity contribution < 1.29 is 10.1 Å². The number of H-pyrrole nitrogens is 1. The van der Waals surface area contributed by atoms with Crippen LogP contribution in [0.25, 0.3) is 10.9 Å². The maximum absolute atomic E-state index is 11.9. The molecular formula is C22H29N4O+. The van der Waals surface area contributed by atoms with Crippen molar-refractivity contribution in [3.63, 3.8) is 0 Å². The number of nitrogens with one attached hydrogen (secondary N) is 2. The summed E-state index contributed by atoms with van der Waals surface area (Å²) in [6.45, 7) is 2.75. The summed E-state index contributed by atoms with van der Waals surface area (Å²) in [5, 5.41) is 6.08. The van der Waals surface area contributed by atoms with Gasteiger partial charge in [-0.1, -0.05) is 30.3 Å². The molecule has 4 N–H and O–H groups in total. The van der Waals surface area contributed by atoms with Crippen LogP contribution in [0.1, 0.15) is 24.0 Å². The first-order valence-electron chi connectivity index (χ1n) is 9.39. The predicted octanol–water partition coefficient (Wildman–Crippen LogP) is 2.06. The smallest absolute Gasteiger partial charge is 0.277 e. The first-order valence-corrected chi connectivity index (χ1v) is 9.39. The molecule has 3 rings (SSSR count). The molecule has 1 aromatic heterocycles. The summed E-state index contributed by atoms with van der Waals surface area (Å²) in [4.78, 5) is 17.4. The zero-order valence-electron chi connectivity index (χ0n) is 16.5. The van der Waals surface area contributed by atoms with Gasteiger partial charge >= 0.3 is 0 Å². The van der Waals surface area contributed by atoms with E-state index in [0.717, 1.165) is 12.1 Å². The van der Waals surface area contributed by atoms with Crippen LogP contribution in [0.3, 0.4) is 0 Å². The van der Waals surface area contributed by atoms with E-state index in [-0.39, 0.29) is 17.9 Å². The zero-order valence-corrected chi connectivity index (χ0v) is 16.5. The molecule has 0 saturated heterocycles. The zero-order chi connectivity index (χ0) is 19.4. The van der Waals surface area contributed by atoms with Crippen molar-refractivity contribution in [2.75, 3.05) is 32.6 Å². The van der Waals surface area contributed by atoms with E-state index in [1.807, 2.05) is 27.1 Å². The van der Waals surface area contributed by atoms with Crippen molar-refractivity contribution in [2.24, 2.45) is 0 Å². The highest BCUT2D eigenvalue weighted by Crippen LogP contribution is 2.30. The summed E-state index contributed by atoms with van der Waals surface area (Å²) < 4.78 is 0. The summed E-state index contributed by atoms with van der Waals surface area (Å²) in [6, 6.07) is 16.9. The number of fused-ring (bicyclic) bond motifs is 1. The number of anilines is 1. The first-order chi connectivity index (χ1) is 13.0. The Morgan fingerprint density at radius 3 is 2.52 bits per heavy atom. The summed E-state index contributed by atoms with van der Waals surface area (Å²) in [5.41, 5.74) is 4.84. The minimum absolute atomic E-state index is 0.0515. The first kappa shape index (κ1) is 19.0. The van der Waals surface area contributed by atoms with Crippen LogP contribution in [0.4, 0.5) is 5.69 Å². The molecule has 0 aliphatic heterocycles. The molecule has 0 aliphatic carbocycles. The van der Waals surface area contributed by atoms with E-state index in [4.69, 9.17) is 0 Å². The standard InChI is InChI=1S/C22H28N4O/c1-15(22(27)23-2)24-13-19(16-9-11-17(12-10-16)26(3)4)20-14-25-21-8-6-5-7-18(20)21/h5-12,14-15,19,24-25H,13H2,1-4H3,(H,23,27)/p+1/t15-,19-/m0/s1. The number of quaternary nitrogens is 1. The van der Waals surface area contributed by atoms with Crippen molar-refractivity contribution in [3.8, 4) is 0 Å². The van der Waals surface area contributed by atoms with Crippen molar-refractivity contribution in [3.05, 3.63) is 65.9 Å². The van der Waals surface area contributed by atoms with Gasteiger partial charge in [0.1, 0.15) is 0 Å². The van der Waals surface area contributed by atoms with Gasteiger partial charge in [0, 0.05) is 43.9 Å². The lowest BCUT2D eigenvalue weighted by Crippen LogP contribution is -2.92. The second-order valence-electron chi connectivity index (χ2n) is 7.20. The molecule has 2 atom stereocenters. The number of hydrogen-bond donors (Lipinski definition) is 3. The molecule has 0 saturated carbocycles. The van der Waals surface area contributed by atoms with Crippen LogP contribution in [-0.4, -0.2) is 44.6 Å². The Balaban J connectivity index is 1.94. The maximum atomic E-state index is 11.9. The molecule has 5 heteroatoms. The minimum atomic E-state index is -0.122. The summed E-state index contributed by atoms with van der Waals surface area (Å²) >= 11 is 0. The van der Waals surface area contributed by atoms with Gasteiger partial charge in [-0.25, -0.2) is 0 Å². The second-order valence-corrected chi connectivity index (χ2v) is 7.20. The highest BCUT2D eigenvalue weighted by molar-refractivity contribution is 5.84. The number of aromatic nitrogens is 1. The van der Waals surface area contributed by atoms with Gasteiger partial charge in [-0.3, -0.25) is 4.79 Å². The van der Waals surface area contributed by atoms with E-state index in [1.54, 1.807) is 7.05 Å². The number of nitrogens with zero attached hydrogens (tertiary/aromatic N) is 1. The minimum Gasteiger partial charge on any atom is -0.378 e. The topological polar surface area (TPSA) is 64.7 Å². The number of nitrogens with two attached hydrogens (primary N) is 1. The van der Waals surface area contributed by atoms with Gasteiger partial charge in [0.15, 0.2) is 6.04 Å². The Hall–Kier alpha value is -2.79. The highest BCUT2D eigenvalue weighted by Gasteiger charge is 2.23. The molecular weight excluding hydrogens is 336 g/mol. The van der Waals surface area contributed by atoms with Crippen LogP contribution in [0, 0.1) is 0 Å². The molecule has 1 amide bonds. The van der Waals surface area contributed by atoms with E-state index >= 15 is 0 Å². The van der Waals surface area contributed by atoms with Crippen LogP contribution < -0.4 is 15.5 Å². The molecule has 0 bridgehead atoms. The van der Waals surface area contributed by atoms with E-state index in [2.05, 4.69) is 69.2 Å². The number of hydrogen-bond acceptors (Lipinski definition) is 2. The van der Waals surface area contributed by atoms with Crippen LogP contribution in [0.2, 0.25) is 0 Å². The largest absolute Gasteiger partial charge is 0.378 e. The van der Waals surface area contributed by atoms with Crippen LogP contribution >= 0.6 is 0 Å². The fraction of sp³-hybridized carbons (Fsp3) is 0.318. The molecule has 2 aromatic carbocycles. The number of carbonyl (C=O) groups excluding carboxylic acids is 1. The Kier molecular flexibility index (Phi) is 5.81. The van der Waals surface area contributed by atoms with Crippen LogP contribution in [0.15, 0.2) is 54.7 Å². The normalized spacial score (nSPS) is 13.3. The molecule has 1 heterocycles. The molecule has 0 aliphatic rings. The maximum Gasteiger partial charge on any atom is 0.277 e. The number of carbonyl (C=O) groups is 1. The Bertz CT molecular complexity index is 898. The van der Waals surface area contributed by atoms with E-state index < -0.39 is 0 Å². The molecule has 0 unspecified atom stereocenters. The Morgan fingerprint density at radius 1 is 1.15 bits per heavy atom. The van der Waals surface area contributed by atoms with E-state index in [0.29, 0.717) is 0 Å². The third kappa shape index (κ3) is 4.14. The van der Waals surface area contributed by atoms with E-state index in [1.165, 1.54) is 22.2 Å². The average Bonchev–Trinajstić information content (AvgIpc) is 3.11. The monoisotopic (exact) mass is 365 g/mol. The van der Waals surface area contributed by atoms with Crippen molar-refractivity contribution >= 4 is 22.5 Å². The number of amides is 1. The SMILES string of the molecule is CNC(=O)[C@H](C)[NH2+]C[C@@H](c1ccc(N(C)C)cc1)c1c[nH]c2ccccc12. The van der Waals surface area contributed by atoms with Gasteiger partial charge in [0.25, 0.3) is 5.91 Å². The lowest BCUT2D eigenvalue weighted by Gasteiger charge is -2.20. The lowest BCUT2D eigenvalue weighted by atomic mass is 9.90. The summed E-state index contributed by atoms with van der Waals surface area (Å²) in [6.07, 6.45) is 2.10. The van der Waals surface area contributed by atoms with Gasteiger partial charge in [0.05, 0.1) is 12.5 Å². The van der Waals surface area contributed by atoms with Gasteiger partial charge in [-0.2, -0.15) is 0 Å². The highest BCUT2D eigenvalue weighted by atomic mass is 16.2. The van der Waals surface area contributed by atoms with E-state index in [9.17, 15) is 4.79 Å². The quantitative estimate of drug-likeness (QED) is 0.600. The molecule has 5 nitrogen and oxygen atoms in total. The fourth-order valence-corrected chi connectivity index (χ4v) is 3.50. The lowest BCUT2D eigenvalue weighted by molar-refractivity contribution is -0.674. The van der Waals surface area contributed by atoms with Crippen LogP contribution in [0.5, 0.6) is 0 Å². The molecule has 27 heavy (non-hydrogen) atoms. The number of aromatic amines is 1. The second kappa shape index (κ2) is 8.27. The average molecular weight is 366 g/mol. The molecule has 3 aromatic rings. The number of benzene rings is 2.